The Morgan fingerprint density at radius 2 is 2.06 bits per heavy atom. The fraction of sp³-hybridized carbons (Fsp3) is 0.0833. The Morgan fingerprint density at radius 3 is 2.76 bits per heavy atom. The van der Waals surface area contributed by atoms with Crippen LogP contribution in [0.25, 0.3) is 0 Å². The summed E-state index contributed by atoms with van der Waals surface area (Å²) in [5, 5.41) is 0. The predicted octanol–water partition coefficient (Wildman–Crippen LogP) is 2.60. The number of pyridine rings is 1. The Kier molecular flexibility index (Phi) is 3.09. The van der Waals surface area contributed by atoms with Gasteiger partial charge in [0.2, 0.25) is 5.88 Å². The molecule has 1 heterocycles. The Morgan fingerprint density at radius 1 is 1.24 bits per heavy atom. The maximum absolute atomic E-state index is 13.5. The molecule has 0 radical (unpaired) electrons. The maximum Gasteiger partial charge on any atom is 0.216 e. The summed E-state index contributed by atoms with van der Waals surface area (Å²) >= 11 is 0. The molecule has 0 aliphatic carbocycles. The lowest BCUT2D eigenvalue weighted by atomic mass is 10.3. The van der Waals surface area contributed by atoms with Gasteiger partial charge in [-0.3, -0.25) is 0 Å². The molecular formula is C12H11FN2O2. The number of hydrogen-bond acceptors (Lipinski definition) is 4. The van der Waals surface area contributed by atoms with Crippen LogP contribution in [0.15, 0.2) is 36.5 Å². The van der Waals surface area contributed by atoms with Crippen molar-refractivity contribution in [3.05, 3.63) is 42.3 Å². The number of anilines is 1. The molecule has 0 saturated carbocycles. The SMILES string of the molecule is COc1cc(Oc2ccc(N)cc2F)ccn1. The van der Waals surface area contributed by atoms with Gasteiger partial charge in [-0.2, -0.15) is 0 Å². The summed E-state index contributed by atoms with van der Waals surface area (Å²) in [6.07, 6.45) is 1.52. The highest BCUT2D eigenvalue weighted by atomic mass is 19.1. The molecule has 4 nitrogen and oxygen atoms in total. The third kappa shape index (κ3) is 2.63. The number of nitrogens with two attached hydrogens (primary N) is 1. The molecule has 2 N–H and O–H groups in total. The van der Waals surface area contributed by atoms with E-state index in [1.165, 1.54) is 25.4 Å². The van der Waals surface area contributed by atoms with Crippen LogP contribution in [0, 0.1) is 5.82 Å². The molecule has 2 rings (SSSR count). The van der Waals surface area contributed by atoms with E-state index in [-0.39, 0.29) is 5.75 Å². The first-order valence-corrected chi connectivity index (χ1v) is 4.92. The molecule has 5 heteroatoms. The first-order chi connectivity index (χ1) is 8.19. The van der Waals surface area contributed by atoms with Crippen molar-refractivity contribution in [3.8, 4) is 17.4 Å². The van der Waals surface area contributed by atoms with E-state index in [2.05, 4.69) is 4.98 Å². The molecule has 1 aromatic heterocycles. The van der Waals surface area contributed by atoms with Crippen LogP contribution < -0.4 is 15.2 Å². The largest absolute Gasteiger partial charge is 0.481 e. The molecule has 0 saturated heterocycles. The Balaban J connectivity index is 2.25. The summed E-state index contributed by atoms with van der Waals surface area (Å²) in [5.74, 6) is 0.437. The lowest BCUT2D eigenvalue weighted by molar-refractivity contribution is 0.390. The van der Waals surface area contributed by atoms with Crippen LogP contribution in [-0.4, -0.2) is 12.1 Å². The standard InChI is InChI=1S/C12H11FN2O2/c1-16-12-7-9(4-5-15-12)17-11-3-2-8(14)6-10(11)13/h2-7H,14H2,1H3. The number of ether oxygens (including phenoxy) is 2. The van der Waals surface area contributed by atoms with E-state index in [1.807, 2.05) is 0 Å². The fourth-order valence-corrected chi connectivity index (χ4v) is 1.29. The number of benzene rings is 1. The van der Waals surface area contributed by atoms with E-state index in [1.54, 1.807) is 18.2 Å². The molecule has 0 bridgehead atoms. The highest BCUT2D eigenvalue weighted by molar-refractivity contribution is 5.44. The smallest absolute Gasteiger partial charge is 0.216 e. The van der Waals surface area contributed by atoms with Gasteiger partial charge in [-0.15, -0.1) is 0 Å². The van der Waals surface area contributed by atoms with Gasteiger partial charge >= 0.3 is 0 Å². The zero-order valence-corrected chi connectivity index (χ0v) is 9.18. The summed E-state index contributed by atoms with van der Waals surface area (Å²) in [6, 6.07) is 7.41. The van der Waals surface area contributed by atoms with Crippen molar-refractivity contribution in [1.29, 1.82) is 0 Å². The van der Waals surface area contributed by atoms with Gasteiger partial charge in [0, 0.05) is 24.0 Å². The van der Waals surface area contributed by atoms with Gasteiger partial charge in [0.25, 0.3) is 0 Å². The minimum Gasteiger partial charge on any atom is -0.481 e. The lowest BCUT2D eigenvalue weighted by Crippen LogP contribution is -1.92. The van der Waals surface area contributed by atoms with Crippen molar-refractivity contribution in [3.63, 3.8) is 0 Å². The van der Waals surface area contributed by atoms with Gasteiger partial charge in [-0.1, -0.05) is 0 Å². The minimum atomic E-state index is -0.513. The zero-order valence-electron chi connectivity index (χ0n) is 9.18. The van der Waals surface area contributed by atoms with E-state index >= 15 is 0 Å². The second kappa shape index (κ2) is 4.69. The van der Waals surface area contributed by atoms with E-state index in [9.17, 15) is 4.39 Å². The number of aromatic nitrogens is 1. The number of methoxy groups -OCH3 is 1. The first-order valence-electron chi connectivity index (χ1n) is 4.92. The number of nitrogens with zero attached hydrogens (tertiary/aromatic N) is 1. The average Bonchev–Trinajstić information content (AvgIpc) is 2.33. The van der Waals surface area contributed by atoms with Crippen molar-refractivity contribution >= 4 is 5.69 Å². The molecule has 0 atom stereocenters. The Bertz CT molecular complexity index is 532. The summed E-state index contributed by atoms with van der Waals surface area (Å²) in [6.45, 7) is 0. The summed E-state index contributed by atoms with van der Waals surface area (Å²) < 4.78 is 23.8. The molecule has 0 fully saturated rings. The molecular weight excluding hydrogens is 223 g/mol. The van der Waals surface area contributed by atoms with Gasteiger partial charge in [0.05, 0.1) is 7.11 Å². The number of halogens is 1. The van der Waals surface area contributed by atoms with E-state index in [0.717, 1.165) is 0 Å². The molecule has 0 aliphatic heterocycles. The third-order valence-electron chi connectivity index (χ3n) is 2.10. The van der Waals surface area contributed by atoms with Crippen molar-refractivity contribution < 1.29 is 13.9 Å². The summed E-state index contributed by atoms with van der Waals surface area (Å²) in [4.78, 5) is 3.92. The first kappa shape index (κ1) is 11.2. The van der Waals surface area contributed by atoms with Crippen LogP contribution in [0.4, 0.5) is 10.1 Å². The predicted molar refractivity (Wildman–Crippen MR) is 61.7 cm³/mol. The van der Waals surface area contributed by atoms with Crippen molar-refractivity contribution in [2.24, 2.45) is 0 Å². The molecule has 0 spiro atoms. The lowest BCUT2D eigenvalue weighted by Gasteiger charge is -2.07. The Hall–Kier alpha value is -2.30. The van der Waals surface area contributed by atoms with Gasteiger partial charge in [0.1, 0.15) is 5.75 Å². The second-order valence-corrected chi connectivity index (χ2v) is 3.33. The van der Waals surface area contributed by atoms with Crippen LogP contribution in [0.3, 0.4) is 0 Å². The van der Waals surface area contributed by atoms with Gasteiger partial charge in [-0.25, -0.2) is 9.37 Å². The van der Waals surface area contributed by atoms with Crippen LogP contribution in [0.5, 0.6) is 17.4 Å². The molecule has 1 aromatic carbocycles. The summed E-state index contributed by atoms with van der Waals surface area (Å²) in [5.41, 5.74) is 5.79. The third-order valence-corrected chi connectivity index (χ3v) is 2.10. The molecule has 0 aliphatic rings. The van der Waals surface area contributed by atoms with Crippen LogP contribution in [-0.2, 0) is 0 Å². The number of hydrogen-bond donors (Lipinski definition) is 1. The maximum atomic E-state index is 13.5. The van der Waals surface area contributed by atoms with Gasteiger partial charge < -0.3 is 15.2 Å². The highest BCUT2D eigenvalue weighted by Crippen LogP contribution is 2.27. The molecule has 17 heavy (non-hydrogen) atoms. The molecule has 0 unspecified atom stereocenters. The normalized spacial score (nSPS) is 10.0. The molecule has 0 amide bonds. The molecule has 2 aromatic rings. The van der Waals surface area contributed by atoms with Crippen LogP contribution in [0.2, 0.25) is 0 Å². The monoisotopic (exact) mass is 234 g/mol. The van der Waals surface area contributed by atoms with Gasteiger partial charge in [-0.05, 0) is 18.2 Å². The average molecular weight is 234 g/mol. The highest BCUT2D eigenvalue weighted by Gasteiger charge is 2.06. The quantitative estimate of drug-likeness (QED) is 0.829. The van der Waals surface area contributed by atoms with E-state index in [4.69, 9.17) is 15.2 Å². The Labute approximate surface area is 97.8 Å². The van der Waals surface area contributed by atoms with E-state index < -0.39 is 5.82 Å². The van der Waals surface area contributed by atoms with Crippen LogP contribution in [0.1, 0.15) is 0 Å². The number of rotatable bonds is 3. The van der Waals surface area contributed by atoms with Crippen LogP contribution >= 0.6 is 0 Å². The number of nitrogen functional groups attached to an aromatic ring is 1. The zero-order chi connectivity index (χ0) is 12.3. The fourth-order valence-electron chi connectivity index (χ4n) is 1.29. The van der Waals surface area contributed by atoms with Crippen molar-refractivity contribution in [2.45, 2.75) is 0 Å². The van der Waals surface area contributed by atoms with Crippen molar-refractivity contribution in [2.75, 3.05) is 12.8 Å². The van der Waals surface area contributed by atoms with E-state index in [0.29, 0.717) is 17.3 Å². The van der Waals surface area contributed by atoms with Crippen molar-refractivity contribution in [1.82, 2.24) is 4.98 Å². The molecule has 88 valence electrons. The minimum absolute atomic E-state index is 0.104. The summed E-state index contributed by atoms with van der Waals surface area (Å²) in [7, 11) is 1.50. The topological polar surface area (TPSA) is 57.4 Å². The van der Waals surface area contributed by atoms with Gasteiger partial charge in [0.15, 0.2) is 11.6 Å². The second-order valence-electron chi connectivity index (χ2n) is 3.33.